The molecular weight excluding hydrogens is 921 g/mol. The smallest absolute Gasteiger partial charge is 0.0641 e. The summed E-state index contributed by atoms with van der Waals surface area (Å²) in [6.07, 6.45) is 0. The molecule has 4 heteroatoms. The van der Waals surface area contributed by atoms with Crippen molar-refractivity contribution in [1.29, 1.82) is 0 Å². The lowest BCUT2D eigenvalue weighted by Crippen LogP contribution is -2.10. The van der Waals surface area contributed by atoms with Gasteiger partial charge < -0.3 is 18.6 Å². The lowest BCUT2D eigenvalue weighted by molar-refractivity contribution is 0.866. The van der Waals surface area contributed by atoms with Crippen molar-refractivity contribution in [2.75, 3.05) is 9.80 Å². The van der Waals surface area contributed by atoms with E-state index in [1.54, 1.807) is 0 Å². The fourth-order valence-electron chi connectivity index (χ4n) is 12.6. The molecule has 0 atom stereocenters. The number of hydrogen-bond acceptors (Lipinski definition) is 2. The Hall–Kier alpha value is -9.38. The highest BCUT2D eigenvalue weighted by molar-refractivity contribution is 6.32. The van der Waals surface area contributed by atoms with Crippen LogP contribution in [0, 0.1) is 0 Å². The van der Waals surface area contributed by atoms with Gasteiger partial charge in [0.15, 0.2) is 0 Å². The molecule has 15 rings (SSSR count). The maximum Gasteiger partial charge on any atom is 0.0641 e. The van der Waals surface area contributed by atoms with Crippen molar-refractivity contribution in [3.63, 3.8) is 0 Å². The van der Waals surface area contributed by atoms with Gasteiger partial charge >= 0.3 is 0 Å². The Morgan fingerprint density at radius 1 is 0.276 bits per heavy atom. The third-order valence-electron chi connectivity index (χ3n) is 16.3. The molecule has 0 saturated carbocycles. The molecule has 0 aliphatic rings. The van der Waals surface area contributed by atoms with E-state index in [4.69, 9.17) is 0 Å². The van der Waals surface area contributed by atoms with E-state index in [2.05, 4.69) is 289 Å². The van der Waals surface area contributed by atoms with Crippen LogP contribution in [-0.4, -0.2) is 8.80 Å². The van der Waals surface area contributed by atoms with Crippen LogP contribution < -0.4 is 9.80 Å². The topological polar surface area (TPSA) is 15.3 Å². The summed E-state index contributed by atoms with van der Waals surface area (Å²) in [6.45, 7) is 9.06. The van der Waals surface area contributed by atoms with Gasteiger partial charge in [-0.3, -0.25) is 0 Å². The molecule has 0 unspecified atom stereocenters. The fourth-order valence-corrected chi connectivity index (χ4v) is 12.6. The van der Waals surface area contributed by atoms with Gasteiger partial charge in [-0.15, -0.1) is 0 Å². The molecule has 4 nitrogen and oxygen atoms in total. The molecule has 362 valence electrons. The van der Waals surface area contributed by atoms with E-state index in [1.165, 1.54) is 110 Å². The molecule has 4 heterocycles. The maximum atomic E-state index is 2.57. The maximum absolute atomic E-state index is 2.57. The minimum atomic E-state index is 0.437. The largest absolute Gasteiger partial charge is 0.310 e. The predicted octanol–water partition coefficient (Wildman–Crippen LogP) is 20.5. The number of fused-ring (bicyclic) bond motifs is 12. The molecular formula is C72H54N4. The number of rotatable bonds is 10. The molecule has 0 saturated heterocycles. The Morgan fingerprint density at radius 3 is 1.00 bits per heavy atom. The summed E-state index contributed by atoms with van der Waals surface area (Å²) in [4.78, 5) is 4.92. The highest BCUT2D eigenvalue weighted by atomic mass is 15.2. The van der Waals surface area contributed by atoms with Crippen LogP contribution >= 0.6 is 0 Å². The Kier molecular flexibility index (Phi) is 9.93. The zero-order valence-corrected chi connectivity index (χ0v) is 43.0. The Morgan fingerprint density at radius 2 is 0.632 bits per heavy atom. The lowest BCUT2D eigenvalue weighted by Gasteiger charge is -2.27. The van der Waals surface area contributed by atoms with Crippen LogP contribution in [0.4, 0.5) is 34.1 Å². The van der Waals surface area contributed by atoms with Gasteiger partial charge in [0.25, 0.3) is 0 Å². The van der Waals surface area contributed by atoms with Gasteiger partial charge in [-0.05, 0) is 142 Å². The molecule has 0 bridgehead atoms. The molecule has 4 aromatic heterocycles. The van der Waals surface area contributed by atoms with Crippen LogP contribution in [0.15, 0.2) is 243 Å². The molecule has 0 N–H and O–H groups in total. The summed E-state index contributed by atoms with van der Waals surface area (Å²) in [5.74, 6) is 0.874. The zero-order chi connectivity index (χ0) is 50.8. The monoisotopic (exact) mass is 974 g/mol. The van der Waals surface area contributed by atoms with Crippen molar-refractivity contribution in [2.45, 2.75) is 39.5 Å². The normalized spacial score (nSPS) is 12.2. The predicted molar refractivity (Wildman–Crippen MR) is 324 cm³/mol. The molecule has 0 aliphatic carbocycles. The van der Waals surface area contributed by atoms with E-state index >= 15 is 0 Å². The highest BCUT2D eigenvalue weighted by Crippen LogP contribution is 2.52. The van der Waals surface area contributed by atoms with Crippen LogP contribution in [0.1, 0.15) is 50.7 Å². The van der Waals surface area contributed by atoms with Gasteiger partial charge in [-0.25, -0.2) is 0 Å². The first-order valence-electron chi connectivity index (χ1n) is 26.8. The fraction of sp³-hybridized carbons (Fsp3) is 0.0833. The summed E-state index contributed by atoms with van der Waals surface area (Å²) >= 11 is 0. The number of anilines is 6. The summed E-state index contributed by atoms with van der Waals surface area (Å²) in [7, 11) is 0. The van der Waals surface area contributed by atoms with Gasteiger partial charge in [-0.1, -0.05) is 173 Å². The molecule has 0 spiro atoms. The van der Waals surface area contributed by atoms with Gasteiger partial charge in [0, 0.05) is 65.8 Å². The minimum absolute atomic E-state index is 0.437. The Labute approximate surface area is 442 Å². The van der Waals surface area contributed by atoms with Crippen molar-refractivity contribution < 1.29 is 0 Å². The SMILES string of the molecule is CC(C)c1ccc(N(c2ccccc2)c2ccc3c4cc5c(cc4n4c6ccc(-c7ccccc7)cc6c2c34)c2ccc(N(c3ccccc3)c3ccc(C(C)C)cc3)c3c4cc(-c6ccccc6)ccc4n5c23)cc1. The number of nitrogens with zero attached hydrogens (tertiary/aromatic N) is 4. The highest BCUT2D eigenvalue weighted by Gasteiger charge is 2.29. The van der Waals surface area contributed by atoms with E-state index in [-0.39, 0.29) is 0 Å². The molecule has 0 amide bonds. The van der Waals surface area contributed by atoms with Crippen molar-refractivity contribution in [3.05, 3.63) is 254 Å². The standard InChI is InChI=1S/C72H54N4/c1-45(2)47-25-31-55(32-26-47)73(53-21-13-7-14-22-53)65-39-35-57-59-43-68-60(44-67(59)75-63-37-29-51(49-17-9-5-10-18-49)41-61(63)69(65)71(57)75)58-36-40-66(74(54-23-15-8-16-24-54)56-33-27-48(28-34-56)46(3)4)70-62-42-52(50-19-11-6-12-20-50)30-38-64(62)76(68)72(58)70/h5-46H,1-4H3. The molecule has 0 aliphatic heterocycles. The second kappa shape index (κ2) is 17.1. The molecule has 0 fully saturated rings. The molecule has 11 aromatic carbocycles. The molecule has 0 radical (unpaired) electrons. The van der Waals surface area contributed by atoms with Crippen LogP contribution in [0.5, 0.6) is 0 Å². The van der Waals surface area contributed by atoms with Crippen LogP contribution in [-0.2, 0) is 0 Å². The summed E-state index contributed by atoms with van der Waals surface area (Å²) < 4.78 is 5.14. The van der Waals surface area contributed by atoms with E-state index in [1.807, 2.05) is 0 Å². The minimum Gasteiger partial charge on any atom is -0.310 e. The van der Waals surface area contributed by atoms with E-state index in [9.17, 15) is 0 Å². The number of para-hydroxylation sites is 2. The Balaban J connectivity index is 1.04. The van der Waals surface area contributed by atoms with Crippen molar-refractivity contribution >= 4 is 110 Å². The van der Waals surface area contributed by atoms with Crippen LogP contribution in [0.3, 0.4) is 0 Å². The van der Waals surface area contributed by atoms with E-state index in [0.717, 1.165) is 34.1 Å². The second-order valence-electron chi connectivity index (χ2n) is 21.3. The quantitative estimate of drug-likeness (QED) is 0.136. The summed E-state index contributed by atoms with van der Waals surface area (Å²) in [5.41, 5.74) is 21.6. The zero-order valence-electron chi connectivity index (χ0n) is 43.0. The third kappa shape index (κ3) is 6.63. The van der Waals surface area contributed by atoms with Gasteiger partial charge in [0.1, 0.15) is 0 Å². The summed E-state index contributed by atoms with van der Waals surface area (Å²) in [5, 5.41) is 9.93. The first-order valence-corrected chi connectivity index (χ1v) is 26.8. The molecule has 15 aromatic rings. The first kappa shape index (κ1) is 44.1. The van der Waals surface area contributed by atoms with Crippen molar-refractivity contribution in [1.82, 2.24) is 8.80 Å². The van der Waals surface area contributed by atoms with E-state index in [0.29, 0.717) is 11.8 Å². The Bertz CT molecular complexity index is 4350. The van der Waals surface area contributed by atoms with Gasteiger partial charge in [0.2, 0.25) is 0 Å². The average Bonchev–Trinajstić information content (AvgIpc) is 4.40. The third-order valence-corrected chi connectivity index (χ3v) is 16.3. The van der Waals surface area contributed by atoms with Gasteiger partial charge in [0.05, 0.1) is 44.5 Å². The lowest BCUT2D eigenvalue weighted by atomic mass is 9.99. The van der Waals surface area contributed by atoms with Crippen LogP contribution in [0.25, 0.3) is 98.4 Å². The van der Waals surface area contributed by atoms with Gasteiger partial charge in [-0.2, -0.15) is 0 Å². The molecule has 76 heavy (non-hydrogen) atoms. The van der Waals surface area contributed by atoms with Crippen molar-refractivity contribution in [2.24, 2.45) is 0 Å². The average molecular weight is 975 g/mol. The van der Waals surface area contributed by atoms with E-state index < -0.39 is 0 Å². The van der Waals surface area contributed by atoms with Crippen LogP contribution in [0.2, 0.25) is 0 Å². The summed E-state index contributed by atoms with van der Waals surface area (Å²) in [6, 6.07) is 90.5. The first-order chi connectivity index (χ1) is 37.4. The second-order valence-corrected chi connectivity index (χ2v) is 21.3. The van der Waals surface area contributed by atoms with Crippen molar-refractivity contribution in [3.8, 4) is 22.3 Å². The number of aromatic nitrogens is 2. The number of hydrogen-bond donors (Lipinski definition) is 0. The number of benzene rings is 11.